The van der Waals surface area contributed by atoms with Gasteiger partial charge in [-0.3, -0.25) is 9.52 Å². The first-order chi connectivity index (χ1) is 16.0. The molecule has 12 heteroatoms. The van der Waals surface area contributed by atoms with Gasteiger partial charge in [-0.05, 0) is 43.2 Å². The van der Waals surface area contributed by atoms with Crippen LogP contribution in [0.4, 0.5) is 24.8 Å². The zero-order chi connectivity index (χ0) is 24.9. The van der Waals surface area contributed by atoms with E-state index in [0.717, 1.165) is 12.1 Å². The first-order valence-electron chi connectivity index (χ1n) is 10.1. The summed E-state index contributed by atoms with van der Waals surface area (Å²) in [6, 6.07) is 12.2. The molecular weight excluding hydrogens is 473 g/mol. The minimum Gasteiger partial charge on any atom is -0.481 e. The van der Waals surface area contributed by atoms with Crippen molar-refractivity contribution in [2.45, 2.75) is 31.0 Å². The van der Waals surface area contributed by atoms with Crippen LogP contribution in [0.1, 0.15) is 24.0 Å². The van der Waals surface area contributed by atoms with E-state index in [-0.39, 0.29) is 35.2 Å². The van der Waals surface area contributed by atoms with Crippen molar-refractivity contribution in [2.24, 2.45) is 0 Å². The van der Waals surface area contributed by atoms with Crippen molar-refractivity contribution >= 4 is 27.6 Å². The molecule has 3 aromatic rings. The number of carboxylic acids is 1. The van der Waals surface area contributed by atoms with Gasteiger partial charge in [0.1, 0.15) is 11.6 Å². The highest BCUT2D eigenvalue weighted by Crippen LogP contribution is 2.38. The molecule has 0 atom stereocenters. The van der Waals surface area contributed by atoms with Crippen LogP contribution in [-0.2, 0) is 21.0 Å². The maximum Gasteiger partial charge on any atom is 0.418 e. The minimum atomic E-state index is -4.69. The van der Waals surface area contributed by atoms with Gasteiger partial charge in [0, 0.05) is 18.5 Å². The van der Waals surface area contributed by atoms with E-state index < -0.39 is 33.4 Å². The number of anilines is 2. The Balaban J connectivity index is 1.89. The van der Waals surface area contributed by atoms with Crippen LogP contribution in [-0.4, -0.2) is 36.0 Å². The van der Waals surface area contributed by atoms with Gasteiger partial charge in [-0.2, -0.15) is 21.6 Å². The molecule has 2 heterocycles. The fraction of sp³-hybridized carbons (Fsp3) is 0.227. The number of halogens is 3. The minimum absolute atomic E-state index is 0.0602. The van der Waals surface area contributed by atoms with Crippen LogP contribution in [0.5, 0.6) is 0 Å². The average molecular weight is 494 g/mol. The number of benzene rings is 1. The Bertz CT molecular complexity index is 1300. The molecule has 0 aliphatic rings. The highest BCUT2D eigenvalue weighted by atomic mass is 32.2. The van der Waals surface area contributed by atoms with Gasteiger partial charge in [0.05, 0.1) is 11.3 Å². The zero-order valence-corrected chi connectivity index (χ0v) is 18.7. The molecule has 3 rings (SSSR count). The number of aromatic nitrogens is 2. The molecule has 0 bridgehead atoms. The molecule has 0 amide bonds. The summed E-state index contributed by atoms with van der Waals surface area (Å²) in [5, 5.41) is 11.1. The van der Waals surface area contributed by atoms with E-state index in [1.807, 2.05) is 0 Å². The van der Waals surface area contributed by atoms with Crippen LogP contribution in [0.2, 0.25) is 0 Å². The van der Waals surface area contributed by atoms with Crippen LogP contribution in [0.15, 0.2) is 59.6 Å². The van der Waals surface area contributed by atoms with Crippen LogP contribution in [0.3, 0.4) is 0 Å². The van der Waals surface area contributed by atoms with Gasteiger partial charge in [-0.15, -0.1) is 0 Å². The number of rotatable bonds is 9. The van der Waals surface area contributed by atoms with Gasteiger partial charge in [-0.25, -0.2) is 9.97 Å². The quantitative estimate of drug-likeness (QED) is 0.373. The van der Waals surface area contributed by atoms with Crippen molar-refractivity contribution < 1.29 is 31.5 Å². The van der Waals surface area contributed by atoms with Gasteiger partial charge in [-0.1, -0.05) is 30.3 Å². The number of sulfonamides is 1. The highest BCUT2D eigenvalue weighted by molar-refractivity contribution is 7.92. The number of carbonyl (C=O) groups is 1. The number of hydrogen-bond donors (Lipinski definition) is 3. The molecule has 0 saturated carbocycles. The third-order valence-electron chi connectivity index (χ3n) is 4.71. The Hall–Kier alpha value is -3.67. The summed E-state index contributed by atoms with van der Waals surface area (Å²) in [4.78, 5) is 18.5. The summed E-state index contributed by atoms with van der Waals surface area (Å²) < 4.78 is 68.6. The Labute approximate surface area is 193 Å². The highest BCUT2D eigenvalue weighted by Gasteiger charge is 2.35. The molecule has 34 heavy (non-hydrogen) atoms. The monoisotopic (exact) mass is 494 g/mol. The van der Waals surface area contributed by atoms with Crippen LogP contribution >= 0.6 is 0 Å². The Morgan fingerprint density at radius 2 is 1.74 bits per heavy atom. The van der Waals surface area contributed by atoms with Crippen molar-refractivity contribution in [1.29, 1.82) is 0 Å². The molecule has 2 aromatic heterocycles. The number of pyridine rings is 2. The molecular formula is C22H21F3N4O4S. The number of nitrogens with zero attached hydrogens (tertiary/aromatic N) is 2. The summed E-state index contributed by atoms with van der Waals surface area (Å²) in [5.41, 5.74) is -0.617. The normalized spacial score (nSPS) is 11.8. The van der Waals surface area contributed by atoms with E-state index >= 15 is 0 Å². The van der Waals surface area contributed by atoms with Crippen molar-refractivity contribution in [3.05, 3.63) is 65.7 Å². The number of hydrogen-bond acceptors (Lipinski definition) is 6. The lowest BCUT2D eigenvalue weighted by Crippen LogP contribution is -2.17. The van der Waals surface area contributed by atoms with Gasteiger partial charge in [0.15, 0.2) is 5.03 Å². The van der Waals surface area contributed by atoms with E-state index in [4.69, 9.17) is 5.11 Å². The number of aliphatic carboxylic acids is 1. The van der Waals surface area contributed by atoms with E-state index in [1.165, 1.54) is 24.3 Å². The second-order valence-electron chi connectivity index (χ2n) is 7.30. The number of alkyl halides is 3. The second kappa shape index (κ2) is 10.1. The van der Waals surface area contributed by atoms with Crippen molar-refractivity contribution in [3.8, 4) is 11.3 Å². The fourth-order valence-corrected chi connectivity index (χ4v) is 4.07. The summed E-state index contributed by atoms with van der Waals surface area (Å²) in [6.45, 7) is 1.89. The van der Waals surface area contributed by atoms with Gasteiger partial charge < -0.3 is 10.4 Å². The first-order valence-corrected chi connectivity index (χ1v) is 11.6. The summed E-state index contributed by atoms with van der Waals surface area (Å²) in [5.74, 6) is -1.05. The molecule has 0 unspecified atom stereocenters. The van der Waals surface area contributed by atoms with Gasteiger partial charge in [0.2, 0.25) is 0 Å². The van der Waals surface area contributed by atoms with Crippen LogP contribution in [0, 0.1) is 6.92 Å². The largest absolute Gasteiger partial charge is 0.481 e. The molecule has 0 aliphatic carbocycles. The number of aryl methyl sites for hydroxylation is 1. The molecule has 8 nitrogen and oxygen atoms in total. The number of nitrogens with one attached hydrogen (secondary N) is 2. The molecule has 1 aromatic carbocycles. The molecule has 0 radical (unpaired) electrons. The second-order valence-corrected chi connectivity index (χ2v) is 8.93. The zero-order valence-electron chi connectivity index (χ0n) is 17.9. The maximum absolute atomic E-state index is 13.6. The Morgan fingerprint density at radius 3 is 2.41 bits per heavy atom. The topological polar surface area (TPSA) is 121 Å². The third-order valence-corrected chi connectivity index (χ3v) is 5.97. The average Bonchev–Trinajstić information content (AvgIpc) is 2.76. The van der Waals surface area contributed by atoms with Crippen molar-refractivity contribution in [2.75, 3.05) is 16.6 Å². The fourth-order valence-electron chi connectivity index (χ4n) is 3.10. The molecule has 180 valence electrons. The van der Waals surface area contributed by atoms with Crippen molar-refractivity contribution in [3.63, 3.8) is 0 Å². The predicted octanol–water partition coefficient (Wildman–Crippen LogP) is 4.55. The van der Waals surface area contributed by atoms with E-state index in [2.05, 4.69) is 20.0 Å². The summed E-state index contributed by atoms with van der Waals surface area (Å²) >= 11 is 0. The van der Waals surface area contributed by atoms with E-state index in [1.54, 1.807) is 25.1 Å². The van der Waals surface area contributed by atoms with Gasteiger partial charge in [0.25, 0.3) is 10.0 Å². The lowest BCUT2D eigenvalue weighted by atomic mass is 10.0. The molecule has 0 spiro atoms. The Kier molecular flexibility index (Phi) is 7.40. The van der Waals surface area contributed by atoms with E-state index in [0.29, 0.717) is 12.0 Å². The van der Waals surface area contributed by atoms with Crippen LogP contribution < -0.4 is 10.0 Å². The predicted molar refractivity (Wildman–Crippen MR) is 120 cm³/mol. The smallest absolute Gasteiger partial charge is 0.418 e. The lowest BCUT2D eigenvalue weighted by molar-refractivity contribution is -0.138. The molecule has 3 N–H and O–H groups in total. The molecule has 0 fully saturated rings. The van der Waals surface area contributed by atoms with E-state index in [9.17, 15) is 26.4 Å². The number of carboxylic acid groups (broad SMARTS) is 1. The van der Waals surface area contributed by atoms with Gasteiger partial charge >= 0.3 is 12.1 Å². The summed E-state index contributed by atoms with van der Waals surface area (Å²) in [6.07, 6.45) is -4.44. The SMILES string of the molecule is Cc1ccccc1-c1nc(NS(=O)(=O)c2cccc(NCCCC(=O)O)n2)ccc1C(F)(F)F. The lowest BCUT2D eigenvalue weighted by Gasteiger charge is -2.16. The maximum atomic E-state index is 13.6. The molecule has 0 saturated heterocycles. The first kappa shape index (κ1) is 25.0. The Morgan fingerprint density at radius 1 is 1.00 bits per heavy atom. The molecule has 0 aliphatic heterocycles. The third kappa shape index (κ3) is 6.22. The van der Waals surface area contributed by atoms with Crippen LogP contribution in [0.25, 0.3) is 11.3 Å². The standard InChI is InChI=1S/C22H21F3N4O4S/c1-14-6-2-3-7-15(14)21-16(22(23,24)25)11-12-18(28-21)29-34(32,33)19-9-4-8-17(27-19)26-13-5-10-20(30)31/h2-4,6-9,11-12H,5,10,13H2,1H3,(H,26,27)(H,28,29)(H,30,31). The summed E-state index contributed by atoms with van der Waals surface area (Å²) in [7, 11) is -4.28. The van der Waals surface area contributed by atoms with Crippen molar-refractivity contribution in [1.82, 2.24) is 9.97 Å².